The summed E-state index contributed by atoms with van der Waals surface area (Å²) in [6, 6.07) is 0. The fourth-order valence-electron chi connectivity index (χ4n) is 1.29. The molecule has 1 atom stereocenters. The van der Waals surface area contributed by atoms with Crippen LogP contribution in [0.3, 0.4) is 0 Å². The minimum absolute atomic E-state index is 0.447. The van der Waals surface area contributed by atoms with Gasteiger partial charge in [0.15, 0.2) is 0 Å². The molecule has 0 aromatic rings. The van der Waals surface area contributed by atoms with Crippen molar-refractivity contribution in [3.63, 3.8) is 0 Å². The van der Waals surface area contributed by atoms with Crippen LogP contribution in [0.4, 0.5) is 0 Å². The predicted molar refractivity (Wildman–Crippen MR) is 49.6 cm³/mol. The fourth-order valence-corrected chi connectivity index (χ4v) is 1.29. The molecular weight excluding hydrogens is 136 g/mol. The van der Waals surface area contributed by atoms with E-state index in [-0.39, 0.29) is 0 Å². The zero-order valence-electron chi connectivity index (χ0n) is 7.77. The SMILES string of the molecule is C=CCCCC(C)(O)CCC. The Kier molecular flexibility index (Phi) is 5.22. The number of aliphatic hydroxyl groups is 1. The van der Waals surface area contributed by atoms with Crippen LogP contribution >= 0.6 is 0 Å². The predicted octanol–water partition coefficient (Wildman–Crippen LogP) is 2.89. The van der Waals surface area contributed by atoms with Crippen LogP contribution in [0.1, 0.15) is 46.0 Å². The smallest absolute Gasteiger partial charge is 0.0619 e. The molecule has 0 aliphatic heterocycles. The molecule has 0 fully saturated rings. The first kappa shape index (κ1) is 10.7. The van der Waals surface area contributed by atoms with Gasteiger partial charge >= 0.3 is 0 Å². The van der Waals surface area contributed by atoms with Gasteiger partial charge in [-0.25, -0.2) is 0 Å². The summed E-state index contributed by atoms with van der Waals surface area (Å²) < 4.78 is 0. The van der Waals surface area contributed by atoms with Crippen LogP contribution in [0.5, 0.6) is 0 Å². The summed E-state index contributed by atoms with van der Waals surface area (Å²) in [6.07, 6.45) is 6.83. The van der Waals surface area contributed by atoms with Crippen LogP contribution in [0.15, 0.2) is 12.7 Å². The molecule has 1 N–H and O–H groups in total. The molecule has 11 heavy (non-hydrogen) atoms. The lowest BCUT2D eigenvalue weighted by molar-refractivity contribution is 0.0395. The normalized spacial score (nSPS) is 15.9. The van der Waals surface area contributed by atoms with E-state index in [4.69, 9.17) is 0 Å². The quantitative estimate of drug-likeness (QED) is 0.463. The Morgan fingerprint density at radius 1 is 1.45 bits per heavy atom. The molecule has 0 aliphatic rings. The zero-order valence-corrected chi connectivity index (χ0v) is 7.77. The molecule has 0 amide bonds. The van der Waals surface area contributed by atoms with Gasteiger partial charge in [-0.1, -0.05) is 19.4 Å². The lowest BCUT2D eigenvalue weighted by Crippen LogP contribution is -2.23. The Morgan fingerprint density at radius 3 is 2.55 bits per heavy atom. The first-order valence-corrected chi connectivity index (χ1v) is 4.45. The maximum Gasteiger partial charge on any atom is 0.0619 e. The standard InChI is InChI=1S/C10H20O/c1-4-6-7-9-10(3,11)8-5-2/h4,11H,1,5-9H2,2-3H3. The number of rotatable bonds is 6. The maximum absolute atomic E-state index is 9.71. The van der Waals surface area contributed by atoms with E-state index < -0.39 is 5.60 Å². The van der Waals surface area contributed by atoms with Crippen molar-refractivity contribution in [2.45, 2.75) is 51.6 Å². The molecule has 0 saturated carbocycles. The number of hydrogen-bond acceptors (Lipinski definition) is 1. The summed E-state index contributed by atoms with van der Waals surface area (Å²) in [6.45, 7) is 7.66. The highest BCUT2D eigenvalue weighted by Crippen LogP contribution is 2.19. The summed E-state index contributed by atoms with van der Waals surface area (Å²) >= 11 is 0. The van der Waals surface area contributed by atoms with Crippen molar-refractivity contribution in [3.8, 4) is 0 Å². The highest BCUT2D eigenvalue weighted by molar-refractivity contribution is 4.74. The van der Waals surface area contributed by atoms with Gasteiger partial charge in [0, 0.05) is 0 Å². The molecular formula is C10H20O. The molecule has 0 saturated heterocycles. The molecule has 0 bridgehead atoms. The Labute approximate surface area is 70.1 Å². The van der Waals surface area contributed by atoms with Gasteiger partial charge in [-0.15, -0.1) is 6.58 Å². The van der Waals surface area contributed by atoms with Gasteiger partial charge in [0.25, 0.3) is 0 Å². The van der Waals surface area contributed by atoms with E-state index in [1.54, 1.807) is 0 Å². The largest absolute Gasteiger partial charge is 0.390 e. The minimum atomic E-state index is -0.447. The van der Waals surface area contributed by atoms with Crippen molar-refractivity contribution in [2.24, 2.45) is 0 Å². The summed E-state index contributed by atoms with van der Waals surface area (Å²) in [5, 5.41) is 9.71. The highest BCUT2D eigenvalue weighted by Gasteiger charge is 2.17. The zero-order chi connectivity index (χ0) is 8.74. The third kappa shape index (κ3) is 6.11. The lowest BCUT2D eigenvalue weighted by Gasteiger charge is -2.21. The van der Waals surface area contributed by atoms with Gasteiger partial charge in [0.2, 0.25) is 0 Å². The van der Waals surface area contributed by atoms with Crippen molar-refractivity contribution in [3.05, 3.63) is 12.7 Å². The monoisotopic (exact) mass is 156 g/mol. The van der Waals surface area contributed by atoms with Crippen LogP contribution in [0.2, 0.25) is 0 Å². The fraction of sp³-hybridized carbons (Fsp3) is 0.800. The first-order chi connectivity index (χ1) is 5.12. The van der Waals surface area contributed by atoms with Crippen LogP contribution in [0, 0.1) is 0 Å². The second-order valence-corrected chi connectivity index (χ2v) is 3.43. The second kappa shape index (κ2) is 5.36. The summed E-state index contributed by atoms with van der Waals surface area (Å²) in [5.41, 5.74) is -0.447. The van der Waals surface area contributed by atoms with E-state index in [0.29, 0.717) is 0 Å². The molecule has 0 aliphatic carbocycles. The molecule has 0 spiro atoms. The number of hydrogen-bond donors (Lipinski definition) is 1. The second-order valence-electron chi connectivity index (χ2n) is 3.43. The molecule has 0 heterocycles. The van der Waals surface area contributed by atoms with Gasteiger partial charge in [-0.2, -0.15) is 0 Å². The maximum atomic E-state index is 9.71. The van der Waals surface area contributed by atoms with E-state index in [9.17, 15) is 5.11 Å². The first-order valence-electron chi connectivity index (χ1n) is 4.45. The van der Waals surface area contributed by atoms with Crippen molar-refractivity contribution in [1.82, 2.24) is 0 Å². The third-order valence-corrected chi connectivity index (χ3v) is 1.91. The molecule has 0 aromatic heterocycles. The molecule has 1 unspecified atom stereocenters. The Balaban J connectivity index is 3.45. The average molecular weight is 156 g/mol. The van der Waals surface area contributed by atoms with Crippen molar-refractivity contribution in [1.29, 1.82) is 0 Å². The molecule has 0 aromatic carbocycles. The molecule has 1 nitrogen and oxygen atoms in total. The van der Waals surface area contributed by atoms with E-state index in [1.165, 1.54) is 0 Å². The van der Waals surface area contributed by atoms with Gasteiger partial charge in [-0.05, 0) is 32.6 Å². The molecule has 66 valence electrons. The van der Waals surface area contributed by atoms with Gasteiger partial charge in [-0.3, -0.25) is 0 Å². The number of unbranched alkanes of at least 4 members (excludes halogenated alkanes) is 1. The Hall–Kier alpha value is -0.300. The van der Waals surface area contributed by atoms with E-state index in [1.807, 2.05) is 13.0 Å². The molecule has 0 radical (unpaired) electrons. The van der Waals surface area contributed by atoms with Gasteiger partial charge in [0.1, 0.15) is 0 Å². The van der Waals surface area contributed by atoms with Crippen LogP contribution in [-0.2, 0) is 0 Å². The summed E-state index contributed by atoms with van der Waals surface area (Å²) in [7, 11) is 0. The van der Waals surface area contributed by atoms with Crippen molar-refractivity contribution in [2.75, 3.05) is 0 Å². The topological polar surface area (TPSA) is 20.2 Å². The van der Waals surface area contributed by atoms with Crippen molar-refractivity contribution < 1.29 is 5.11 Å². The van der Waals surface area contributed by atoms with E-state index in [0.717, 1.165) is 32.1 Å². The third-order valence-electron chi connectivity index (χ3n) is 1.91. The van der Waals surface area contributed by atoms with E-state index >= 15 is 0 Å². The summed E-state index contributed by atoms with van der Waals surface area (Å²) in [4.78, 5) is 0. The Bertz CT molecular complexity index is 105. The van der Waals surface area contributed by atoms with Gasteiger partial charge in [0.05, 0.1) is 5.60 Å². The average Bonchev–Trinajstić information content (AvgIpc) is 1.87. The van der Waals surface area contributed by atoms with E-state index in [2.05, 4.69) is 13.5 Å². The van der Waals surface area contributed by atoms with Crippen LogP contribution < -0.4 is 0 Å². The summed E-state index contributed by atoms with van der Waals surface area (Å²) in [5.74, 6) is 0. The van der Waals surface area contributed by atoms with Crippen LogP contribution in [-0.4, -0.2) is 10.7 Å². The van der Waals surface area contributed by atoms with Crippen LogP contribution in [0.25, 0.3) is 0 Å². The van der Waals surface area contributed by atoms with Gasteiger partial charge < -0.3 is 5.11 Å². The van der Waals surface area contributed by atoms with Crippen molar-refractivity contribution >= 4 is 0 Å². The highest BCUT2D eigenvalue weighted by atomic mass is 16.3. The molecule has 1 heteroatoms. The lowest BCUT2D eigenvalue weighted by atomic mass is 9.94. The number of allylic oxidation sites excluding steroid dienone is 1. The molecule has 0 rings (SSSR count). The Morgan fingerprint density at radius 2 is 2.09 bits per heavy atom. The minimum Gasteiger partial charge on any atom is -0.390 e.